The third-order valence-electron chi connectivity index (χ3n) is 6.58. The maximum absolute atomic E-state index is 13.5. The molecule has 0 saturated carbocycles. The zero-order chi connectivity index (χ0) is 25.8. The average Bonchev–Trinajstić information content (AvgIpc) is 3.21. The second-order valence-electron chi connectivity index (χ2n) is 8.98. The van der Waals surface area contributed by atoms with Crippen LogP contribution in [0.2, 0.25) is 0 Å². The van der Waals surface area contributed by atoms with Gasteiger partial charge in [0.2, 0.25) is 0 Å². The van der Waals surface area contributed by atoms with E-state index in [1.54, 1.807) is 29.3 Å². The Hall–Kier alpha value is -3.05. The molecular weight excluding hydrogens is 506 g/mol. The van der Waals surface area contributed by atoms with Crippen molar-refractivity contribution < 1.29 is 9.53 Å². The number of carbonyl (C=O) groups is 1. The molecule has 2 saturated heterocycles. The number of thioether (sulfide) groups is 1. The predicted octanol–water partition coefficient (Wildman–Crippen LogP) is 3.79. The minimum Gasteiger partial charge on any atom is -0.379 e. The number of carbonyl (C=O) groups excluding carboxylic acids is 1. The summed E-state index contributed by atoms with van der Waals surface area (Å²) in [6.45, 7) is 6.95. The third-order valence-corrected chi connectivity index (χ3v) is 7.91. The lowest BCUT2D eigenvalue weighted by Gasteiger charge is -2.26. The van der Waals surface area contributed by atoms with Crippen molar-refractivity contribution in [2.24, 2.45) is 0 Å². The molecule has 2 fully saturated rings. The number of fused-ring (bicyclic) bond motifs is 1. The van der Waals surface area contributed by atoms with Crippen LogP contribution in [-0.2, 0) is 9.53 Å². The molecule has 1 atom stereocenters. The molecule has 10 heteroatoms. The number of rotatable bonds is 8. The fourth-order valence-electron chi connectivity index (χ4n) is 4.53. The van der Waals surface area contributed by atoms with Crippen LogP contribution in [0.4, 0.5) is 5.82 Å². The average molecular weight is 536 g/mol. The molecule has 0 bridgehead atoms. The number of thiocarbonyl (C=S) groups is 1. The molecule has 2 aromatic heterocycles. The number of nitrogens with one attached hydrogen (secondary N) is 1. The molecule has 1 amide bonds. The molecule has 0 aliphatic carbocycles. The van der Waals surface area contributed by atoms with E-state index in [1.807, 2.05) is 43.3 Å². The van der Waals surface area contributed by atoms with Gasteiger partial charge in [-0.2, -0.15) is 0 Å². The van der Waals surface area contributed by atoms with E-state index in [0.29, 0.717) is 32.8 Å². The van der Waals surface area contributed by atoms with E-state index >= 15 is 0 Å². The van der Waals surface area contributed by atoms with Crippen molar-refractivity contribution in [3.63, 3.8) is 0 Å². The summed E-state index contributed by atoms with van der Waals surface area (Å²) in [6.07, 6.45) is 4.22. The number of ether oxygens (including phenoxy) is 1. The lowest BCUT2D eigenvalue weighted by atomic mass is 10.1. The summed E-state index contributed by atoms with van der Waals surface area (Å²) in [5.41, 5.74) is 1.66. The van der Waals surface area contributed by atoms with Gasteiger partial charge in [-0.1, -0.05) is 60.4 Å². The van der Waals surface area contributed by atoms with Gasteiger partial charge in [0.15, 0.2) is 0 Å². The number of anilines is 1. The van der Waals surface area contributed by atoms with Gasteiger partial charge in [0, 0.05) is 25.8 Å². The highest BCUT2D eigenvalue weighted by molar-refractivity contribution is 8.26. The van der Waals surface area contributed by atoms with Crippen LogP contribution in [0.25, 0.3) is 11.7 Å². The molecule has 2 aliphatic rings. The number of hydrogen-bond donors (Lipinski definition) is 1. The van der Waals surface area contributed by atoms with E-state index < -0.39 is 0 Å². The Balaban J connectivity index is 1.41. The summed E-state index contributed by atoms with van der Waals surface area (Å²) >= 11 is 6.79. The Labute approximate surface area is 225 Å². The number of benzene rings is 1. The predicted molar refractivity (Wildman–Crippen MR) is 152 cm³/mol. The molecule has 37 heavy (non-hydrogen) atoms. The van der Waals surface area contributed by atoms with Crippen LogP contribution in [-0.4, -0.2) is 68.8 Å². The van der Waals surface area contributed by atoms with Gasteiger partial charge < -0.3 is 10.1 Å². The first kappa shape index (κ1) is 25.6. The van der Waals surface area contributed by atoms with E-state index in [1.165, 1.54) is 16.2 Å². The van der Waals surface area contributed by atoms with E-state index in [4.69, 9.17) is 21.9 Å². The molecule has 2 aliphatic heterocycles. The minimum absolute atomic E-state index is 0.206. The molecular formula is C27H29N5O3S2. The van der Waals surface area contributed by atoms with Crippen molar-refractivity contribution >= 4 is 51.7 Å². The molecule has 1 N–H and O–H groups in total. The summed E-state index contributed by atoms with van der Waals surface area (Å²) in [4.78, 5) is 36.0. The maximum atomic E-state index is 13.5. The van der Waals surface area contributed by atoms with Gasteiger partial charge in [-0.3, -0.25) is 23.8 Å². The Kier molecular flexibility index (Phi) is 7.99. The van der Waals surface area contributed by atoms with Crippen LogP contribution < -0.4 is 10.9 Å². The first-order valence-electron chi connectivity index (χ1n) is 12.4. The normalized spacial score (nSPS) is 18.6. The quantitative estimate of drug-likeness (QED) is 0.265. The SMILES string of the molecule is C[C@H](c1ccccc1)N1C(=O)/C(=C/c2c(NCCCN3CCOCC3)nc3ccccn3c2=O)SC1=S. The van der Waals surface area contributed by atoms with E-state index in [0.717, 1.165) is 44.8 Å². The smallest absolute Gasteiger partial charge is 0.267 e. The van der Waals surface area contributed by atoms with E-state index in [-0.39, 0.29) is 17.5 Å². The summed E-state index contributed by atoms with van der Waals surface area (Å²) in [5, 5.41) is 3.35. The molecule has 4 heterocycles. The fraction of sp³-hybridized carbons (Fsp3) is 0.333. The van der Waals surface area contributed by atoms with E-state index in [9.17, 15) is 9.59 Å². The van der Waals surface area contributed by atoms with Crippen molar-refractivity contribution in [3.05, 3.63) is 81.1 Å². The molecule has 0 radical (unpaired) electrons. The van der Waals surface area contributed by atoms with Crippen LogP contribution in [0.15, 0.2) is 64.4 Å². The molecule has 1 aromatic carbocycles. The third kappa shape index (κ3) is 5.62. The van der Waals surface area contributed by atoms with Crippen molar-refractivity contribution in [2.75, 3.05) is 44.7 Å². The Bertz CT molecular complexity index is 1390. The van der Waals surface area contributed by atoms with Crippen molar-refractivity contribution in [1.82, 2.24) is 19.2 Å². The molecule has 0 unspecified atom stereocenters. The standard InChI is InChI=1S/C27H29N5O3S2/c1-19(20-8-3-2-4-9-20)32-26(34)22(37-27(32)36)18-21-24(28-11-7-12-30-14-16-35-17-15-30)29-23-10-5-6-13-31(23)25(21)33/h2-6,8-10,13,18-19,28H,7,11-12,14-17H2,1H3/b22-18-/t19-/m1/s1. The van der Waals surface area contributed by atoms with Crippen molar-refractivity contribution in [3.8, 4) is 0 Å². The number of aromatic nitrogens is 2. The van der Waals surface area contributed by atoms with Gasteiger partial charge in [-0.05, 0) is 43.7 Å². The molecule has 0 spiro atoms. The number of nitrogens with zero attached hydrogens (tertiary/aromatic N) is 4. The highest BCUT2D eigenvalue weighted by Gasteiger charge is 2.36. The Morgan fingerprint density at radius 3 is 2.68 bits per heavy atom. The van der Waals surface area contributed by atoms with Crippen molar-refractivity contribution in [1.29, 1.82) is 0 Å². The summed E-state index contributed by atoms with van der Waals surface area (Å²) in [7, 11) is 0. The van der Waals surface area contributed by atoms with Gasteiger partial charge in [0.25, 0.3) is 11.5 Å². The first-order valence-corrected chi connectivity index (χ1v) is 13.6. The number of morpholine rings is 1. The molecule has 5 rings (SSSR count). The minimum atomic E-state index is -0.234. The molecule has 3 aromatic rings. The second-order valence-corrected chi connectivity index (χ2v) is 10.7. The van der Waals surface area contributed by atoms with Crippen LogP contribution in [0.1, 0.15) is 30.5 Å². The zero-order valence-corrected chi connectivity index (χ0v) is 22.3. The Morgan fingerprint density at radius 2 is 1.89 bits per heavy atom. The lowest BCUT2D eigenvalue weighted by Crippen LogP contribution is -2.37. The Morgan fingerprint density at radius 1 is 1.14 bits per heavy atom. The van der Waals surface area contributed by atoms with Crippen LogP contribution >= 0.6 is 24.0 Å². The summed E-state index contributed by atoms with van der Waals surface area (Å²) < 4.78 is 7.39. The molecule has 192 valence electrons. The van der Waals surface area contributed by atoms with Gasteiger partial charge >= 0.3 is 0 Å². The number of hydrogen-bond acceptors (Lipinski definition) is 8. The maximum Gasteiger partial charge on any atom is 0.267 e. The van der Waals surface area contributed by atoms with Gasteiger partial charge in [-0.15, -0.1) is 0 Å². The largest absolute Gasteiger partial charge is 0.379 e. The second kappa shape index (κ2) is 11.6. The van der Waals surface area contributed by atoms with Crippen LogP contribution in [0, 0.1) is 0 Å². The summed E-state index contributed by atoms with van der Waals surface area (Å²) in [6, 6.07) is 15.0. The van der Waals surface area contributed by atoms with Gasteiger partial charge in [0.1, 0.15) is 15.8 Å². The van der Waals surface area contributed by atoms with Crippen molar-refractivity contribution in [2.45, 2.75) is 19.4 Å². The van der Waals surface area contributed by atoms with Gasteiger partial charge in [0.05, 0.1) is 29.7 Å². The number of amides is 1. The van der Waals surface area contributed by atoms with Crippen LogP contribution in [0.3, 0.4) is 0 Å². The topological polar surface area (TPSA) is 79.2 Å². The highest BCUT2D eigenvalue weighted by atomic mass is 32.2. The molecule has 8 nitrogen and oxygen atoms in total. The monoisotopic (exact) mass is 535 g/mol. The zero-order valence-electron chi connectivity index (χ0n) is 20.6. The lowest BCUT2D eigenvalue weighted by molar-refractivity contribution is -0.123. The van der Waals surface area contributed by atoms with Crippen LogP contribution in [0.5, 0.6) is 0 Å². The fourth-order valence-corrected chi connectivity index (χ4v) is 5.93. The van der Waals surface area contributed by atoms with E-state index in [2.05, 4.69) is 10.2 Å². The van der Waals surface area contributed by atoms with Gasteiger partial charge in [-0.25, -0.2) is 4.98 Å². The highest BCUT2D eigenvalue weighted by Crippen LogP contribution is 2.38. The summed E-state index contributed by atoms with van der Waals surface area (Å²) in [5.74, 6) is 0.265. The number of pyridine rings is 1. The first-order chi connectivity index (χ1) is 18.0.